The summed E-state index contributed by atoms with van der Waals surface area (Å²) in [5.74, 6) is 0.432. The first-order valence-corrected chi connectivity index (χ1v) is 11.8. The van der Waals surface area contributed by atoms with Gasteiger partial charge in [0.15, 0.2) is 11.5 Å². The first-order valence-electron chi connectivity index (χ1n) is 10.2. The number of amides is 1. The maximum Gasteiger partial charge on any atom is 0.251 e. The maximum absolute atomic E-state index is 12.6. The Morgan fingerprint density at radius 3 is 2.28 bits per heavy atom. The highest BCUT2D eigenvalue weighted by Gasteiger charge is 2.24. The highest BCUT2D eigenvalue weighted by molar-refractivity contribution is 7.89. The minimum absolute atomic E-state index is 0.0184. The molecule has 0 bridgehead atoms. The lowest BCUT2D eigenvalue weighted by Crippen LogP contribution is -2.43. The smallest absolute Gasteiger partial charge is 0.251 e. The van der Waals surface area contributed by atoms with Crippen LogP contribution < -0.4 is 19.5 Å². The van der Waals surface area contributed by atoms with E-state index in [9.17, 15) is 13.2 Å². The lowest BCUT2D eigenvalue weighted by molar-refractivity contribution is 0.0730. The van der Waals surface area contributed by atoms with Gasteiger partial charge in [0.2, 0.25) is 15.8 Å². The summed E-state index contributed by atoms with van der Waals surface area (Å²) in [4.78, 5) is 12.6. The molecule has 0 aliphatic carbocycles. The number of rotatable bonds is 10. The minimum atomic E-state index is -3.46. The molecule has 1 fully saturated rings. The van der Waals surface area contributed by atoms with E-state index in [4.69, 9.17) is 18.9 Å². The lowest BCUT2D eigenvalue weighted by atomic mass is 10.1. The average molecular weight is 465 g/mol. The van der Waals surface area contributed by atoms with Crippen LogP contribution in [0.2, 0.25) is 0 Å². The average Bonchev–Trinajstić information content (AvgIpc) is 2.83. The third-order valence-corrected chi connectivity index (χ3v) is 6.83. The van der Waals surface area contributed by atoms with E-state index in [2.05, 4.69) is 5.32 Å². The van der Waals surface area contributed by atoms with E-state index in [0.29, 0.717) is 50.2 Å². The number of hydrogen-bond donors (Lipinski definition) is 1. The summed E-state index contributed by atoms with van der Waals surface area (Å²) in [6.07, 6.45) is 0. The Bertz CT molecular complexity index is 981. The Labute approximate surface area is 188 Å². The molecular weight excluding hydrogens is 436 g/mol. The minimum Gasteiger partial charge on any atom is -0.493 e. The summed E-state index contributed by atoms with van der Waals surface area (Å²) in [5.41, 5.74) is 1.24. The lowest BCUT2D eigenvalue weighted by Gasteiger charge is -2.26. The number of sulfonamides is 1. The van der Waals surface area contributed by atoms with Crippen molar-refractivity contribution in [2.75, 3.05) is 52.8 Å². The highest BCUT2D eigenvalue weighted by atomic mass is 32.2. The molecule has 2 aromatic rings. The number of benzene rings is 2. The van der Waals surface area contributed by atoms with Crippen LogP contribution in [0.4, 0.5) is 0 Å². The van der Waals surface area contributed by atoms with E-state index >= 15 is 0 Å². The number of nitrogens with zero attached hydrogens (tertiary/aromatic N) is 1. The molecule has 0 saturated carbocycles. The first kappa shape index (κ1) is 23.8. The van der Waals surface area contributed by atoms with Gasteiger partial charge < -0.3 is 24.3 Å². The summed E-state index contributed by atoms with van der Waals surface area (Å²) in [6, 6.07) is 12.7. The molecule has 0 aromatic heterocycles. The Morgan fingerprint density at radius 2 is 1.69 bits per heavy atom. The second kappa shape index (κ2) is 11.2. The van der Waals surface area contributed by atoms with Gasteiger partial charge in [-0.2, -0.15) is 4.31 Å². The molecule has 0 atom stereocenters. The molecule has 1 N–H and O–H groups in total. The van der Waals surface area contributed by atoms with E-state index in [-0.39, 0.29) is 17.9 Å². The van der Waals surface area contributed by atoms with Crippen LogP contribution >= 0.6 is 0 Å². The quantitative estimate of drug-likeness (QED) is 0.571. The van der Waals surface area contributed by atoms with Crippen LogP contribution in [0.3, 0.4) is 0 Å². The number of nitrogens with one attached hydrogen (secondary N) is 1. The van der Waals surface area contributed by atoms with Crippen molar-refractivity contribution in [2.24, 2.45) is 0 Å². The molecule has 0 unspecified atom stereocenters. The SMILES string of the molecule is COc1cc(C(=O)NCCS(=O)(=O)N2CCOCC2)cc(OC)c1OCc1ccccc1. The molecule has 1 aliphatic rings. The Kier molecular flexibility index (Phi) is 8.32. The number of carbonyl (C=O) groups is 1. The Morgan fingerprint density at radius 1 is 1.06 bits per heavy atom. The molecule has 10 heteroatoms. The molecule has 0 radical (unpaired) electrons. The fourth-order valence-electron chi connectivity index (χ4n) is 3.23. The van der Waals surface area contributed by atoms with Gasteiger partial charge in [-0.15, -0.1) is 0 Å². The molecule has 9 nitrogen and oxygen atoms in total. The van der Waals surface area contributed by atoms with Crippen LogP contribution in [-0.4, -0.2) is 71.5 Å². The van der Waals surface area contributed by atoms with Crippen LogP contribution in [-0.2, 0) is 21.4 Å². The van der Waals surface area contributed by atoms with Crippen molar-refractivity contribution in [3.05, 3.63) is 53.6 Å². The van der Waals surface area contributed by atoms with Gasteiger partial charge in [-0.3, -0.25) is 4.79 Å². The fraction of sp³-hybridized carbons (Fsp3) is 0.409. The van der Waals surface area contributed by atoms with Crippen LogP contribution in [0, 0.1) is 0 Å². The topological polar surface area (TPSA) is 103 Å². The molecular formula is C22H28N2O7S. The van der Waals surface area contributed by atoms with Gasteiger partial charge >= 0.3 is 0 Å². The van der Waals surface area contributed by atoms with Gasteiger partial charge in [-0.25, -0.2) is 8.42 Å². The normalized spacial score (nSPS) is 14.6. The zero-order valence-corrected chi connectivity index (χ0v) is 19.0. The third kappa shape index (κ3) is 6.12. The molecule has 2 aromatic carbocycles. The van der Waals surface area contributed by atoms with Gasteiger partial charge in [0.1, 0.15) is 6.61 Å². The van der Waals surface area contributed by atoms with Crippen molar-refractivity contribution < 1.29 is 32.2 Å². The monoisotopic (exact) mass is 464 g/mol. The predicted octanol–water partition coefficient (Wildman–Crippen LogP) is 1.67. The molecule has 174 valence electrons. The van der Waals surface area contributed by atoms with Crippen LogP contribution in [0.25, 0.3) is 0 Å². The fourth-order valence-corrected chi connectivity index (χ4v) is 4.56. The number of carbonyl (C=O) groups excluding carboxylic acids is 1. The third-order valence-electron chi connectivity index (χ3n) is 4.96. The zero-order valence-electron chi connectivity index (χ0n) is 18.2. The second-order valence-corrected chi connectivity index (χ2v) is 9.16. The van der Waals surface area contributed by atoms with Crippen molar-refractivity contribution in [3.63, 3.8) is 0 Å². The number of morpholine rings is 1. The first-order chi connectivity index (χ1) is 15.4. The summed E-state index contributed by atoms with van der Waals surface area (Å²) in [6.45, 7) is 1.70. The summed E-state index contributed by atoms with van der Waals surface area (Å²) < 4.78 is 48.1. The van der Waals surface area contributed by atoms with Crippen LogP contribution in [0.15, 0.2) is 42.5 Å². The van der Waals surface area contributed by atoms with Crippen molar-refractivity contribution in [1.82, 2.24) is 9.62 Å². The molecule has 3 rings (SSSR count). The predicted molar refractivity (Wildman–Crippen MR) is 119 cm³/mol. The van der Waals surface area contributed by atoms with Crippen LogP contribution in [0.1, 0.15) is 15.9 Å². The summed E-state index contributed by atoms with van der Waals surface area (Å²) >= 11 is 0. The summed E-state index contributed by atoms with van der Waals surface area (Å²) in [5, 5.41) is 2.65. The second-order valence-electron chi connectivity index (χ2n) is 7.07. The zero-order chi connectivity index (χ0) is 23.0. The van der Waals surface area contributed by atoms with Crippen molar-refractivity contribution in [1.29, 1.82) is 0 Å². The van der Waals surface area contributed by atoms with Crippen LogP contribution in [0.5, 0.6) is 17.2 Å². The van der Waals surface area contributed by atoms with Gasteiger partial charge in [0, 0.05) is 25.2 Å². The van der Waals surface area contributed by atoms with Gasteiger partial charge in [-0.1, -0.05) is 30.3 Å². The molecule has 1 aliphatic heterocycles. The van der Waals surface area contributed by atoms with E-state index < -0.39 is 15.9 Å². The Hall–Kier alpha value is -2.82. The van der Waals surface area contributed by atoms with Crippen molar-refractivity contribution in [3.8, 4) is 17.2 Å². The standard InChI is InChI=1S/C22H28N2O7S/c1-28-19-14-18(15-20(29-2)21(19)31-16-17-6-4-3-5-7-17)22(25)23-8-13-32(26,27)24-9-11-30-12-10-24/h3-7,14-15H,8-13,16H2,1-2H3,(H,23,25). The van der Waals surface area contributed by atoms with E-state index in [0.717, 1.165) is 5.56 Å². The molecule has 1 saturated heterocycles. The van der Waals surface area contributed by atoms with E-state index in [1.165, 1.54) is 30.7 Å². The number of methoxy groups -OCH3 is 2. The largest absolute Gasteiger partial charge is 0.493 e. The van der Waals surface area contributed by atoms with E-state index in [1.54, 1.807) is 0 Å². The highest BCUT2D eigenvalue weighted by Crippen LogP contribution is 2.39. The molecule has 1 amide bonds. The molecule has 32 heavy (non-hydrogen) atoms. The number of ether oxygens (including phenoxy) is 4. The summed E-state index contributed by atoms with van der Waals surface area (Å²) in [7, 11) is -0.512. The van der Waals surface area contributed by atoms with Crippen molar-refractivity contribution in [2.45, 2.75) is 6.61 Å². The van der Waals surface area contributed by atoms with Gasteiger partial charge in [0.25, 0.3) is 5.91 Å². The van der Waals surface area contributed by atoms with Gasteiger partial charge in [0.05, 0.1) is 33.2 Å². The van der Waals surface area contributed by atoms with E-state index in [1.807, 2.05) is 30.3 Å². The molecule has 0 spiro atoms. The van der Waals surface area contributed by atoms with Gasteiger partial charge in [-0.05, 0) is 17.7 Å². The number of hydrogen-bond acceptors (Lipinski definition) is 7. The maximum atomic E-state index is 12.6. The molecule has 1 heterocycles. The van der Waals surface area contributed by atoms with Crippen molar-refractivity contribution >= 4 is 15.9 Å². The Balaban J connectivity index is 1.65.